The fraction of sp³-hybridized carbons (Fsp3) is 0.250. The van der Waals surface area contributed by atoms with Gasteiger partial charge in [-0.2, -0.15) is 0 Å². The zero-order valence-corrected chi connectivity index (χ0v) is 16.1. The first-order valence-corrected chi connectivity index (χ1v) is 10.2. The smallest absolute Gasteiger partial charge is 0.255 e. The number of aromatic nitrogens is 1. The highest BCUT2D eigenvalue weighted by Gasteiger charge is 2.16. The molecule has 0 bridgehead atoms. The number of carbonyl (C=O) groups excluding carboxylic acids is 1. The Bertz CT molecular complexity index is 1070. The first-order valence-electron chi connectivity index (χ1n) is 8.29. The van der Waals surface area contributed by atoms with E-state index >= 15 is 0 Å². The topological polar surface area (TPSA) is 79.0 Å². The van der Waals surface area contributed by atoms with Crippen LogP contribution in [0, 0.1) is 0 Å². The highest BCUT2D eigenvalue weighted by molar-refractivity contribution is 7.90. The molecule has 1 aromatic heterocycles. The van der Waals surface area contributed by atoms with Crippen molar-refractivity contribution in [3.05, 3.63) is 59.8 Å². The Hall–Kier alpha value is -2.60. The lowest BCUT2D eigenvalue weighted by atomic mass is 9.92. The Balaban J connectivity index is 1.83. The summed E-state index contributed by atoms with van der Waals surface area (Å²) < 4.78 is 23.0. The lowest BCUT2D eigenvalue weighted by Crippen LogP contribution is -2.12. The maximum absolute atomic E-state index is 12.4. The molecule has 1 amide bonds. The summed E-state index contributed by atoms with van der Waals surface area (Å²) in [6.45, 7) is 6.42. The monoisotopic (exact) mass is 370 g/mol. The molecule has 3 rings (SSSR count). The average Bonchev–Trinajstić information content (AvgIpc) is 2.98. The summed E-state index contributed by atoms with van der Waals surface area (Å²) >= 11 is 0. The summed E-state index contributed by atoms with van der Waals surface area (Å²) in [6.07, 6.45) is 1.14. The molecule has 6 heteroatoms. The van der Waals surface area contributed by atoms with Crippen LogP contribution in [0.5, 0.6) is 0 Å². The molecule has 0 spiro atoms. The highest BCUT2D eigenvalue weighted by atomic mass is 32.2. The number of rotatable bonds is 3. The third kappa shape index (κ3) is 3.80. The van der Waals surface area contributed by atoms with Gasteiger partial charge in [0.25, 0.3) is 5.91 Å². The van der Waals surface area contributed by atoms with Crippen molar-refractivity contribution in [3.63, 3.8) is 0 Å². The predicted octanol–water partition coefficient (Wildman–Crippen LogP) is 4.12. The summed E-state index contributed by atoms with van der Waals surface area (Å²) in [5.41, 5.74) is 3.26. The normalized spacial score (nSPS) is 12.3. The number of fused-ring (bicyclic) bond motifs is 1. The van der Waals surface area contributed by atoms with Crippen LogP contribution < -0.4 is 5.32 Å². The van der Waals surface area contributed by atoms with E-state index in [2.05, 4.69) is 37.1 Å². The first-order chi connectivity index (χ1) is 12.0. The van der Waals surface area contributed by atoms with Crippen molar-refractivity contribution in [2.24, 2.45) is 0 Å². The largest absolute Gasteiger partial charge is 0.358 e. The molecule has 2 aromatic carbocycles. The molecule has 136 valence electrons. The molecule has 26 heavy (non-hydrogen) atoms. The molecule has 2 N–H and O–H groups in total. The Morgan fingerprint density at radius 3 is 2.23 bits per heavy atom. The molecule has 0 saturated carbocycles. The van der Waals surface area contributed by atoms with E-state index in [1.165, 1.54) is 24.3 Å². The molecular formula is C20H22N2O3S. The molecule has 0 unspecified atom stereocenters. The van der Waals surface area contributed by atoms with Crippen molar-refractivity contribution in [2.75, 3.05) is 11.6 Å². The molecule has 5 nitrogen and oxygen atoms in total. The van der Waals surface area contributed by atoms with Crippen molar-refractivity contribution in [3.8, 4) is 0 Å². The number of nitrogens with one attached hydrogen (secondary N) is 2. The molecule has 0 aliphatic rings. The van der Waals surface area contributed by atoms with Crippen molar-refractivity contribution in [1.82, 2.24) is 4.98 Å². The van der Waals surface area contributed by atoms with E-state index in [0.29, 0.717) is 11.3 Å². The van der Waals surface area contributed by atoms with Crippen LogP contribution in [0.1, 0.15) is 36.8 Å². The Kier molecular flexibility index (Phi) is 4.40. The van der Waals surface area contributed by atoms with Gasteiger partial charge in [0.2, 0.25) is 0 Å². The van der Waals surface area contributed by atoms with E-state index in [4.69, 9.17) is 0 Å². The summed E-state index contributed by atoms with van der Waals surface area (Å²) in [6, 6.07) is 13.7. The van der Waals surface area contributed by atoms with Gasteiger partial charge in [-0.3, -0.25) is 4.79 Å². The fourth-order valence-corrected chi connectivity index (χ4v) is 3.30. The zero-order valence-electron chi connectivity index (χ0n) is 15.3. The van der Waals surface area contributed by atoms with E-state index in [1.807, 2.05) is 18.2 Å². The molecule has 0 saturated heterocycles. The van der Waals surface area contributed by atoms with Crippen molar-refractivity contribution in [1.29, 1.82) is 0 Å². The van der Waals surface area contributed by atoms with Crippen LogP contribution in [0.3, 0.4) is 0 Å². The second kappa shape index (κ2) is 6.29. The summed E-state index contributed by atoms with van der Waals surface area (Å²) in [5, 5.41) is 3.88. The van der Waals surface area contributed by atoms with Crippen molar-refractivity contribution >= 4 is 32.3 Å². The van der Waals surface area contributed by atoms with E-state index in [9.17, 15) is 13.2 Å². The van der Waals surface area contributed by atoms with Gasteiger partial charge in [0.15, 0.2) is 9.84 Å². The number of aromatic amines is 1. The standard InChI is InChI=1S/C20H22N2O3S/c1-20(2,3)18-12-14-11-15(7-10-17(14)22-18)21-19(23)13-5-8-16(9-6-13)26(4,24)25/h5-12,22H,1-4H3,(H,21,23). The molecule has 0 atom stereocenters. The number of H-pyrrole nitrogens is 1. The van der Waals surface area contributed by atoms with Gasteiger partial charge >= 0.3 is 0 Å². The van der Waals surface area contributed by atoms with Gasteiger partial charge in [-0.1, -0.05) is 20.8 Å². The predicted molar refractivity (Wildman–Crippen MR) is 105 cm³/mol. The van der Waals surface area contributed by atoms with Crippen LogP contribution in [-0.4, -0.2) is 25.6 Å². The number of anilines is 1. The minimum Gasteiger partial charge on any atom is -0.358 e. The number of benzene rings is 2. The van der Waals surface area contributed by atoms with Gasteiger partial charge in [-0.05, 0) is 48.5 Å². The van der Waals surface area contributed by atoms with Gasteiger partial charge in [0, 0.05) is 39.5 Å². The summed E-state index contributed by atoms with van der Waals surface area (Å²) in [5.74, 6) is -0.281. The van der Waals surface area contributed by atoms with Crippen LogP contribution in [0.25, 0.3) is 10.9 Å². The van der Waals surface area contributed by atoms with Gasteiger partial charge < -0.3 is 10.3 Å². The minimum absolute atomic E-state index is 0.0177. The van der Waals surface area contributed by atoms with Crippen LogP contribution in [0.2, 0.25) is 0 Å². The second-order valence-electron chi connectivity index (χ2n) is 7.49. The Morgan fingerprint density at radius 2 is 1.65 bits per heavy atom. The second-order valence-corrected chi connectivity index (χ2v) is 9.50. The quantitative estimate of drug-likeness (QED) is 0.728. The first kappa shape index (κ1) is 18.2. The van der Waals surface area contributed by atoms with Gasteiger partial charge in [-0.15, -0.1) is 0 Å². The number of hydrogen-bond acceptors (Lipinski definition) is 3. The van der Waals surface area contributed by atoms with E-state index in [0.717, 1.165) is 22.9 Å². The van der Waals surface area contributed by atoms with E-state index in [1.54, 1.807) is 0 Å². The summed E-state index contributed by atoms with van der Waals surface area (Å²) in [4.78, 5) is 16.0. The molecular weight excluding hydrogens is 348 g/mol. The highest BCUT2D eigenvalue weighted by Crippen LogP contribution is 2.27. The van der Waals surface area contributed by atoms with Gasteiger partial charge in [0.05, 0.1) is 4.90 Å². The maximum Gasteiger partial charge on any atom is 0.255 e. The number of carbonyl (C=O) groups is 1. The zero-order chi connectivity index (χ0) is 19.1. The number of hydrogen-bond donors (Lipinski definition) is 2. The molecule has 0 fully saturated rings. The average molecular weight is 370 g/mol. The SMILES string of the molecule is CC(C)(C)c1cc2cc(NC(=O)c3ccc(S(C)(=O)=O)cc3)ccc2[nH]1. The fourth-order valence-electron chi connectivity index (χ4n) is 2.67. The van der Waals surface area contributed by atoms with Crippen molar-refractivity contribution < 1.29 is 13.2 Å². The summed E-state index contributed by atoms with van der Waals surface area (Å²) in [7, 11) is -3.27. The van der Waals surface area contributed by atoms with Crippen molar-refractivity contribution in [2.45, 2.75) is 31.1 Å². The molecule has 0 radical (unpaired) electrons. The van der Waals surface area contributed by atoms with Gasteiger partial charge in [0.1, 0.15) is 0 Å². The van der Waals surface area contributed by atoms with Crippen LogP contribution in [0.4, 0.5) is 5.69 Å². The Labute approximate surface area is 153 Å². The Morgan fingerprint density at radius 1 is 1.00 bits per heavy atom. The molecule has 3 aromatic rings. The lowest BCUT2D eigenvalue weighted by Gasteiger charge is -2.15. The maximum atomic E-state index is 12.4. The van der Waals surface area contributed by atoms with Gasteiger partial charge in [-0.25, -0.2) is 8.42 Å². The van der Waals surface area contributed by atoms with E-state index < -0.39 is 9.84 Å². The third-order valence-electron chi connectivity index (χ3n) is 4.23. The van der Waals surface area contributed by atoms with E-state index in [-0.39, 0.29) is 16.2 Å². The minimum atomic E-state index is -3.27. The number of sulfone groups is 1. The van der Waals surface area contributed by atoms with Crippen LogP contribution >= 0.6 is 0 Å². The lowest BCUT2D eigenvalue weighted by molar-refractivity contribution is 0.102. The van der Waals surface area contributed by atoms with Crippen LogP contribution in [0.15, 0.2) is 53.4 Å². The number of amides is 1. The van der Waals surface area contributed by atoms with Crippen LogP contribution in [-0.2, 0) is 15.3 Å². The third-order valence-corrected chi connectivity index (χ3v) is 5.36. The molecule has 0 aliphatic carbocycles. The molecule has 1 heterocycles. The molecule has 0 aliphatic heterocycles.